The lowest BCUT2D eigenvalue weighted by molar-refractivity contribution is -0.143. The number of para-hydroxylation sites is 2. The number of benzene rings is 6. The summed E-state index contributed by atoms with van der Waals surface area (Å²) < 4.78 is 84.3. The summed E-state index contributed by atoms with van der Waals surface area (Å²) in [6.45, 7) is 0. The van der Waals surface area contributed by atoms with Gasteiger partial charge in [-0.3, -0.25) is 9.59 Å². The Labute approximate surface area is 280 Å². The third kappa shape index (κ3) is 4.94. The number of halogens is 6. The van der Waals surface area contributed by atoms with E-state index in [0.717, 1.165) is 15.8 Å². The maximum Gasteiger partial charge on any atom is 0.416 e. The van der Waals surface area contributed by atoms with Gasteiger partial charge in [0.1, 0.15) is 0 Å². The standard InChI is InChI=1S/C40H22F6N2O2/c41-39(42,43)26-19-25(20-27(22-26)40(44,45)46)24-17-18-30-29-12-5-7-15-33(29)47(35(30)21-24)34-16-8-13-31-36(34)38(50)48(37(31)49)32-14-6-4-11-28(32)23-9-2-1-3-10-23/h1-22H. The summed E-state index contributed by atoms with van der Waals surface area (Å²) in [6, 6.07) is 34.5. The van der Waals surface area contributed by atoms with Crippen molar-refractivity contribution in [2.24, 2.45) is 0 Å². The normalized spacial score (nSPS) is 13.4. The van der Waals surface area contributed by atoms with E-state index in [4.69, 9.17) is 0 Å². The number of alkyl halides is 6. The predicted molar refractivity (Wildman–Crippen MR) is 179 cm³/mol. The molecule has 6 aromatic carbocycles. The minimum atomic E-state index is -5.02. The van der Waals surface area contributed by atoms with Crippen LogP contribution in [0.1, 0.15) is 31.8 Å². The van der Waals surface area contributed by atoms with E-state index in [-0.39, 0.29) is 28.3 Å². The molecule has 0 fully saturated rings. The molecular weight excluding hydrogens is 654 g/mol. The summed E-state index contributed by atoms with van der Waals surface area (Å²) in [4.78, 5) is 29.6. The lowest BCUT2D eigenvalue weighted by Crippen LogP contribution is -2.30. The van der Waals surface area contributed by atoms with E-state index in [9.17, 15) is 35.9 Å². The highest BCUT2D eigenvalue weighted by molar-refractivity contribution is 6.36. The van der Waals surface area contributed by atoms with Crippen LogP contribution in [0.5, 0.6) is 0 Å². The van der Waals surface area contributed by atoms with Gasteiger partial charge in [0.05, 0.1) is 44.7 Å². The molecule has 8 rings (SSSR count). The Balaban J connectivity index is 1.34. The van der Waals surface area contributed by atoms with Gasteiger partial charge >= 0.3 is 12.4 Å². The fourth-order valence-electron chi connectivity index (χ4n) is 6.73. The van der Waals surface area contributed by atoms with E-state index < -0.39 is 35.3 Å². The Morgan fingerprint density at radius 3 is 1.76 bits per heavy atom. The van der Waals surface area contributed by atoms with Crippen molar-refractivity contribution < 1.29 is 35.9 Å². The van der Waals surface area contributed by atoms with E-state index in [1.165, 1.54) is 12.1 Å². The fraction of sp³-hybridized carbons (Fsp3) is 0.0500. The fourth-order valence-corrected chi connectivity index (χ4v) is 6.73. The van der Waals surface area contributed by atoms with Gasteiger partial charge in [-0.25, -0.2) is 4.90 Å². The van der Waals surface area contributed by atoms with Gasteiger partial charge in [0, 0.05) is 16.3 Å². The second kappa shape index (κ2) is 11.2. The monoisotopic (exact) mass is 676 g/mol. The van der Waals surface area contributed by atoms with Gasteiger partial charge in [0.25, 0.3) is 11.8 Å². The molecule has 1 aliphatic heterocycles. The lowest BCUT2D eigenvalue weighted by atomic mass is 9.98. The second-order valence-electron chi connectivity index (χ2n) is 11.9. The van der Waals surface area contributed by atoms with E-state index in [1.807, 2.05) is 48.5 Å². The summed E-state index contributed by atoms with van der Waals surface area (Å²) in [5.74, 6) is -1.10. The van der Waals surface area contributed by atoms with Crippen molar-refractivity contribution in [2.45, 2.75) is 12.4 Å². The summed E-state index contributed by atoms with van der Waals surface area (Å²) in [5, 5.41) is 1.38. The molecule has 0 unspecified atom stereocenters. The number of nitrogens with zero attached hydrogens (tertiary/aromatic N) is 2. The Bertz CT molecular complexity index is 2480. The van der Waals surface area contributed by atoms with Crippen molar-refractivity contribution in [3.05, 3.63) is 156 Å². The Morgan fingerprint density at radius 1 is 0.440 bits per heavy atom. The van der Waals surface area contributed by atoms with Gasteiger partial charge in [-0.1, -0.05) is 84.9 Å². The molecular formula is C40H22F6N2O2. The molecule has 0 radical (unpaired) electrons. The van der Waals surface area contributed by atoms with Crippen LogP contribution in [0.3, 0.4) is 0 Å². The third-order valence-corrected chi connectivity index (χ3v) is 8.96. The van der Waals surface area contributed by atoms with Crippen molar-refractivity contribution in [3.8, 4) is 27.9 Å². The quantitative estimate of drug-likeness (QED) is 0.138. The van der Waals surface area contributed by atoms with Crippen LogP contribution in [0, 0.1) is 0 Å². The van der Waals surface area contributed by atoms with Gasteiger partial charge in [0.15, 0.2) is 0 Å². The predicted octanol–water partition coefficient (Wildman–Crippen LogP) is 11.0. The van der Waals surface area contributed by atoms with Crippen LogP contribution in [0.4, 0.5) is 32.0 Å². The van der Waals surface area contributed by atoms with E-state index >= 15 is 0 Å². The smallest absolute Gasteiger partial charge is 0.308 e. The van der Waals surface area contributed by atoms with Crippen LogP contribution in [-0.2, 0) is 12.4 Å². The highest BCUT2D eigenvalue weighted by Crippen LogP contribution is 2.43. The highest BCUT2D eigenvalue weighted by atomic mass is 19.4. The number of hydrogen-bond acceptors (Lipinski definition) is 2. The molecule has 1 aromatic heterocycles. The zero-order valence-electron chi connectivity index (χ0n) is 25.7. The largest absolute Gasteiger partial charge is 0.416 e. The van der Waals surface area contributed by atoms with E-state index in [0.29, 0.717) is 45.5 Å². The molecule has 0 bridgehead atoms. The third-order valence-electron chi connectivity index (χ3n) is 8.96. The van der Waals surface area contributed by atoms with Gasteiger partial charge in [-0.2, -0.15) is 26.3 Å². The molecule has 2 amide bonds. The zero-order chi connectivity index (χ0) is 34.9. The molecule has 0 spiro atoms. The summed E-state index contributed by atoms with van der Waals surface area (Å²) in [5.41, 5.74) is 0.496. The van der Waals surface area contributed by atoms with Crippen molar-refractivity contribution in [1.82, 2.24) is 4.57 Å². The minimum Gasteiger partial charge on any atom is -0.308 e. The van der Waals surface area contributed by atoms with Crippen LogP contribution in [0.2, 0.25) is 0 Å². The van der Waals surface area contributed by atoms with Crippen LogP contribution < -0.4 is 4.90 Å². The van der Waals surface area contributed by atoms with Crippen LogP contribution in [0.15, 0.2) is 133 Å². The summed E-state index contributed by atoms with van der Waals surface area (Å²) in [7, 11) is 0. The highest BCUT2D eigenvalue weighted by Gasteiger charge is 2.41. The first-order valence-electron chi connectivity index (χ1n) is 15.4. The van der Waals surface area contributed by atoms with Crippen molar-refractivity contribution in [1.29, 1.82) is 0 Å². The van der Waals surface area contributed by atoms with E-state index in [2.05, 4.69) is 0 Å². The molecule has 0 atom stereocenters. The Morgan fingerprint density at radius 2 is 1.04 bits per heavy atom. The SMILES string of the molecule is O=C1c2cccc(-n3c4ccccc4c4ccc(-c5cc(C(F)(F)F)cc(C(F)(F)F)c5)cc43)c2C(=O)N1c1ccccc1-c1ccccc1. The first kappa shape index (κ1) is 31.1. The van der Waals surface area contributed by atoms with Gasteiger partial charge < -0.3 is 4.57 Å². The first-order valence-corrected chi connectivity index (χ1v) is 15.4. The Hall–Kier alpha value is -6.16. The number of rotatable bonds is 4. The molecule has 1 aliphatic rings. The lowest BCUT2D eigenvalue weighted by Gasteiger charge is -2.19. The second-order valence-corrected chi connectivity index (χ2v) is 11.9. The van der Waals surface area contributed by atoms with Crippen LogP contribution >= 0.6 is 0 Å². The molecule has 0 aliphatic carbocycles. The maximum atomic E-state index is 14.4. The van der Waals surface area contributed by atoms with Gasteiger partial charge in [-0.05, 0) is 65.2 Å². The van der Waals surface area contributed by atoms with Crippen molar-refractivity contribution in [2.75, 3.05) is 4.90 Å². The van der Waals surface area contributed by atoms with Crippen LogP contribution in [-0.4, -0.2) is 16.4 Å². The summed E-state index contributed by atoms with van der Waals surface area (Å²) >= 11 is 0. The van der Waals surface area contributed by atoms with Gasteiger partial charge in [-0.15, -0.1) is 0 Å². The molecule has 2 heterocycles. The number of carbonyl (C=O) groups excluding carboxylic acids is 2. The maximum absolute atomic E-state index is 14.4. The van der Waals surface area contributed by atoms with E-state index in [1.54, 1.807) is 59.2 Å². The molecule has 0 saturated heterocycles. The number of fused-ring (bicyclic) bond motifs is 4. The first-order chi connectivity index (χ1) is 23.9. The average molecular weight is 677 g/mol. The molecule has 10 heteroatoms. The Kier molecular flexibility index (Phi) is 6.97. The van der Waals surface area contributed by atoms with Crippen molar-refractivity contribution >= 4 is 39.3 Å². The average Bonchev–Trinajstić information content (AvgIpc) is 3.57. The molecule has 4 nitrogen and oxygen atoms in total. The number of amides is 2. The molecule has 7 aromatic rings. The zero-order valence-corrected chi connectivity index (χ0v) is 25.7. The molecule has 246 valence electrons. The topological polar surface area (TPSA) is 42.3 Å². The number of imide groups is 1. The molecule has 0 saturated carbocycles. The number of carbonyl (C=O) groups is 2. The number of anilines is 1. The minimum absolute atomic E-state index is 0.0939. The molecule has 50 heavy (non-hydrogen) atoms. The van der Waals surface area contributed by atoms with Gasteiger partial charge in [0.2, 0.25) is 0 Å². The summed E-state index contributed by atoms with van der Waals surface area (Å²) in [6.07, 6.45) is -10.0. The van der Waals surface area contributed by atoms with Crippen LogP contribution in [0.25, 0.3) is 49.7 Å². The molecule has 0 N–H and O–H groups in total. The number of hydrogen-bond donors (Lipinski definition) is 0. The number of aromatic nitrogens is 1. The van der Waals surface area contributed by atoms with Crippen molar-refractivity contribution in [3.63, 3.8) is 0 Å².